The van der Waals surface area contributed by atoms with E-state index < -0.39 is 11.9 Å². The molecule has 0 radical (unpaired) electrons. The van der Waals surface area contributed by atoms with E-state index in [0.717, 1.165) is 13.0 Å². The Bertz CT molecular complexity index is 374. The summed E-state index contributed by atoms with van der Waals surface area (Å²) in [4.78, 5) is 0. The van der Waals surface area contributed by atoms with Gasteiger partial charge in [0, 0.05) is 13.2 Å². The number of para-hydroxylation sites is 1. The van der Waals surface area contributed by atoms with Crippen LogP contribution in [0.25, 0.3) is 0 Å². The number of benzene rings is 1. The molecule has 0 amide bonds. The Morgan fingerprint density at radius 2 is 2.05 bits per heavy atom. The van der Waals surface area contributed by atoms with Crippen LogP contribution < -0.4 is 10.1 Å². The standard InChI is InChI=1S/C15H24FNO3/c1-12(2)19-9-5-8-17-10-13(18)11-20-15-7-4-3-6-14(15)16/h3-4,6-7,12-13,17-18H,5,8-11H2,1-2H3. The Hall–Kier alpha value is -1.17. The molecule has 0 spiro atoms. The van der Waals surface area contributed by atoms with Crippen LogP contribution in [0.4, 0.5) is 4.39 Å². The molecule has 0 saturated carbocycles. The second-order valence-corrected chi connectivity index (χ2v) is 4.87. The summed E-state index contributed by atoms with van der Waals surface area (Å²) >= 11 is 0. The van der Waals surface area contributed by atoms with Crippen molar-refractivity contribution in [3.63, 3.8) is 0 Å². The molecule has 0 bridgehead atoms. The molecule has 0 saturated heterocycles. The predicted octanol–water partition coefficient (Wildman–Crippen LogP) is 1.97. The number of ether oxygens (including phenoxy) is 2. The Kier molecular flexibility index (Phi) is 8.18. The van der Waals surface area contributed by atoms with E-state index in [4.69, 9.17) is 9.47 Å². The maximum atomic E-state index is 13.3. The molecule has 1 aromatic rings. The summed E-state index contributed by atoms with van der Waals surface area (Å²) in [5.41, 5.74) is 0. The van der Waals surface area contributed by atoms with E-state index in [9.17, 15) is 9.50 Å². The van der Waals surface area contributed by atoms with Gasteiger partial charge in [0.1, 0.15) is 12.7 Å². The maximum absolute atomic E-state index is 13.3. The van der Waals surface area contributed by atoms with Crippen molar-refractivity contribution in [2.75, 3.05) is 26.3 Å². The van der Waals surface area contributed by atoms with Gasteiger partial charge in [-0.25, -0.2) is 4.39 Å². The van der Waals surface area contributed by atoms with Crippen LogP contribution in [-0.4, -0.2) is 43.6 Å². The largest absolute Gasteiger partial charge is 0.488 e. The van der Waals surface area contributed by atoms with Gasteiger partial charge in [-0.05, 0) is 38.9 Å². The summed E-state index contributed by atoms with van der Waals surface area (Å²) in [6, 6.07) is 6.16. The molecule has 114 valence electrons. The molecular formula is C15H24FNO3. The van der Waals surface area contributed by atoms with Crippen molar-refractivity contribution in [2.45, 2.75) is 32.5 Å². The van der Waals surface area contributed by atoms with Crippen molar-refractivity contribution in [3.05, 3.63) is 30.1 Å². The zero-order valence-electron chi connectivity index (χ0n) is 12.1. The van der Waals surface area contributed by atoms with Gasteiger partial charge in [-0.15, -0.1) is 0 Å². The van der Waals surface area contributed by atoms with Crippen LogP contribution in [0.15, 0.2) is 24.3 Å². The third-order valence-electron chi connectivity index (χ3n) is 2.60. The summed E-state index contributed by atoms with van der Waals surface area (Å²) in [6.45, 7) is 5.94. The number of rotatable bonds is 10. The van der Waals surface area contributed by atoms with Gasteiger partial charge in [0.2, 0.25) is 0 Å². The average molecular weight is 285 g/mol. The number of aliphatic hydroxyl groups is 1. The Labute approximate surface area is 119 Å². The molecule has 1 aromatic carbocycles. The van der Waals surface area contributed by atoms with E-state index in [0.29, 0.717) is 13.2 Å². The van der Waals surface area contributed by atoms with E-state index in [1.54, 1.807) is 18.2 Å². The van der Waals surface area contributed by atoms with E-state index in [-0.39, 0.29) is 18.5 Å². The second kappa shape index (κ2) is 9.69. The summed E-state index contributed by atoms with van der Waals surface area (Å²) in [7, 11) is 0. The molecule has 0 fully saturated rings. The third-order valence-corrected chi connectivity index (χ3v) is 2.60. The van der Waals surface area contributed by atoms with E-state index in [1.807, 2.05) is 13.8 Å². The minimum atomic E-state index is -0.666. The second-order valence-electron chi connectivity index (χ2n) is 4.87. The SMILES string of the molecule is CC(C)OCCCNCC(O)COc1ccccc1F. The molecule has 20 heavy (non-hydrogen) atoms. The van der Waals surface area contributed by atoms with E-state index in [2.05, 4.69) is 5.32 Å². The lowest BCUT2D eigenvalue weighted by atomic mass is 10.3. The Balaban J connectivity index is 2.06. The lowest BCUT2D eigenvalue weighted by molar-refractivity contribution is 0.0747. The van der Waals surface area contributed by atoms with Crippen LogP contribution in [0.3, 0.4) is 0 Å². The molecule has 5 heteroatoms. The van der Waals surface area contributed by atoms with E-state index >= 15 is 0 Å². The summed E-state index contributed by atoms with van der Waals surface area (Å²) in [5, 5.41) is 12.8. The van der Waals surface area contributed by atoms with Gasteiger partial charge in [0.25, 0.3) is 0 Å². The molecular weight excluding hydrogens is 261 g/mol. The van der Waals surface area contributed by atoms with Gasteiger partial charge >= 0.3 is 0 Å². The van der Waals surface area contributed by atoms with Crippen LogP contribution in [0, 0.1) is 5.82 Å². The highest BCUT2D eigenvalue weighted by Gasteiger charge is 2.07. The average Bonchev–Trinajstić information content (AvgIpc) is 2.41. The van der Waals surface area contributed by atoms with Crippen molar-refractivity contribution in [1.82, 2.24) is 5.32 Å². The first-order valence-corrected chi connectivity index (χ1v) is 6.97. The fourth-order valence-corrected chi connectivity index (χ4v) is 1.59. The number of halogens is 1. The summed E-state index contributed by atoms with van der Waals surface area (Å²) < 4.78 is 23.9. The number of hydrogen-bond acceptors (Lipinski definition) is 4. The zero-order valence-corrected chi connectivity index (χ0v) is 12.1. The maximum Gasteiger partial charge on any atom is 0.165 e. The molecule has 0 aliphatic heterocycles. The van der Waals surface area contributed by atoms with Crippen LogP contribution in [0.5, 0.6) is 5.75 Å². The fraction of sp³-hybridized carbons (Fsp3) is 0.600. The van der Waals surface area contributed by atoms with Gasteiger partial charge in [0.15, 0.2) is 11.6 Å². The van der Waals surface area contributed by atoms with Crippen molar-refractivity contribution >= 4 is 0 Å². The van der Waals surface area contributed by atoms with Crippen molar-refractivity contribution < 1.29 is 19.0 Å². The summed E-state index contributed by atoms with van der Waals surface area (Å²) in [5.74, 6) is -0.254. The van der Waals surface area contributed by atoms with Gasteiger partial charge in [-0.2, -0.15) is 0 Å². The van der Waals surface area contributed by atoms with Gasteiger partial charge in [-0.3, -0.25) is 0 Å². The lowest BCUT2D eigenvalue weighted by Crippen LogP contribution is -2.32. The van der Waals surface area contributed by atoms with Crippen molar-refractivity contribution in [3.8, 4) is 5.75 Å². The van der Waals surface area contributed by atoms with Crippen LogP contribution in [0.1, 0.15) is 20.3 Å². The fourth-order valence-electron chi connectivity index (χ4n) is 1.59. The zero-order chi connectivity index (χ0) is 14.8. The quantitative estimate of drug-likeness (QED) is 0.645. The molecule has 1 atom stereocenters. The molecule has 0 heterocycles. The minimum Gasteiger partial charge on any atom is -0.488 e. The van der Waals surface area contributed by atoms with Crippen molar-refractivity contribution in [2.24, 2.45) is 0 Å². The third kappa shape index (κ3) is 7.43. The van der Waals surface area contributed by atoms with Gasteiger partial charge in [0.05, 0.1) is 6.10 Å². The van der Waals surface area contributed by atoms with Crippen LogP contribution in [-0.2, 0) is 4.74 Å². The molecule has 2 N–H and O–H groups in total. The highest BCUT2D eigenvalue weighted by atomic mass is 19.1. The number of aliphatic hydroxyl groups excluding tert-OH is 1. The van der Waals surface area contributed by atoms with Crippen LogP contribution in [0.2, 0.25) is 0 Å². The normalized spacial score (nSPS) is 12.7. The Morgan fingerprint density at radius 3 is 2.75 bits per heavy atom. The molecule has 0 aromatic heterocycles. The van der Waals surface area contributed by atoms with Crippen molar-refractivity contribution in [1.29, 1.82) is 0 Å². The molecule has 0 aliphatic rings. The van der Waals surface area contributed by atoms with Crippen LogP contribution >= 0.6 is 0 Å². The Morgan fingerprint density at radius 1 is 1.30 bits per heavy atom. The first kappa shape index (κ1) is 16.9. The minimum absolute atomic E-state index is 0.0659. The first-order valence-electron chi connectivity index (χ1n) is 6.97. The topological polar surface area (TPSA) is 50.7 Å². The summed E-state index contributed by atoms with van der Waals surface area (Å²) in [6.07, 6.45) is 0.467. The number of nitrogens with one attached hydrogen (secondary N) is 1. The monoisotopic (exact) mass is 285 g/mol. The molecule has 0 aliphatic carbocycles. The molecule has 1 unspecified atom stereocenters. The predicted molar refractivity (Wildman–Crippen MR) is 76.5 cm³/mol. The number of hydrogen-bond donors (Lipinski definition) is 2. The molecule has 4 nitrogen and oxygen atoms in total. The van der Waals surface area contributed by atoms with Gasteiger partial charge < -0.3 is 19.9 Å². The van der Waals surface area contributed by atoms with E-state index in [1.165, 1.54) is 6.07 Å². The molecule has 1 rings (SSSR count). The lowest BCUT2D eigenvalue weighted by Gasteiger charge is -2.14. The smallest absolute Gasteiger partial charge is 0.165 e. The van der Waals surface area contributed by atoms with Gasteiger partial charge in [-0.1, -0.05) is 12.1 Å². The highest BCUT2D eigenvalue weighted by molar-refractivity contribution is 5.23. The highest BCUT2D eigenvalue weighted by Crippen LogP contribution is 2.15. The first-order chi connectivity index (χ1) is 9.59.